The first-order valence-corrected chi connectivity index (χ1v) is 10.3. The lowest BCUT2D eigenvalue weighted by atomic mass is 10.3. The Kier molecular flexibility index (Phi) is 5.48. The van der Waals surface area contributed by atoms with Crippen LogP contribution in [-0.4, -0.2) is 75.4 Å². The van der Waals surface area contributed by atoms with Crippen LogP contribution in [0.15, 0.2) is 29.2 Å². The van der Waals surface area contributed by atoms with Crippen LogP contribution in [0.3, 0.4) is 0 Å². The molecular weight excluding hydrogens is 382 g/mol. The Morgan fingerprint density at radius 3 is 2.44 bits per heavy atom. The van der Waals surface area contributed by atoms with Gasteiger partial charge in [0.2, 0.25) is 5.91 Å². The van der Waals surface area contributed by atoms with Crippen molar-refractivity contribution in [3.8, 4) is 21.5 Å². The minimum atomic E-state index is -0.0755. The summed E-state index contributed by atoms with van der Waals surface area (Å²) in [5.41, 5.74) is 0.681. The van der Waals surface area contributed by atoms with Gasteiger partial charge >= 0.3 is 0 Å². The van der Waals surface area contributed by atoms with E-state index >= 15 is 0 Å². The number of aromatic nitrogens is 4. The standard InChI is InChI=1S/C17H19N7OS2/c1-23-4-6-24(7-5-23)11-14(25)21-13-10-12(16-18-2-8-26-16)20-15(22-13)17-19-3-9-27-17/h2-3,8-10H,4-7,11H2,1H3,(H,20,21,22,25). The molecule has 0 unspecified atom stereocenters. The number of carbonyl (C=O) groups is 1. The number of likely N-dealkylation sites (N-methyl/N-ethyl adjacent to an activating group) is 1. The van der Waals surface area contributed by atoms with Crippen molar-refractivity contribution >= 4 is 34.4 Å². The Labute approximate surface area is 164 Å². The van der Waals surface area contributed by atoms with Gasteiger partial charge in [0, 0.05) is 55.4 Å². The molecule has 4 rings (SSSR count). The first kappa shape index (κ1) is 18.1. The summed E-state index contributed by atoms with van der Waals surface area (Å²) in [4.78, 5) is 34.6. The summed E-state index contributed by atoms with van der Waals surface area (Å²) in [5, 5.41) is 8.18. The van der Waals surface area contributed by atoms with Crippen molar-refractivity contribution in [1.82, 2.24) is 29.7 Å². The number of piperazine rings is 1. The van der Waals surface area contributed by atoms with Gasteiger partial charge in [-0.05, 0) is 7.05 Å². The monoisotopic (exact) mass is 401 g/mol. The Bertz CT molecular complexity index is 838. The average molecular weight is 402 g/mol. The summed E-state index contributed by atoms with van der Waals surface area (Å²) >= 11 is 2.95. The predicted octanol–water partition coefficient (Wildman–Crippen LogP) is 1.91. The predicted molar refractivity (Wildman–Crippen MR) is 107 cm³/mol. The smallest absolute Gasteiger partial charge is 0.239 e. The number of nitrogens with one attached hydrogen (secondary N) is 1. The molecule has 8 nitrogen and oxygen atoms in total. The maximum absolute atomic E-state index is 12.5. The summed E-state index contributed by atoms with van der Waals surface area (Å²) in [6, 6.07) is 1.76. The van der Waals surface area contributed by atoms with Gasteiger partial charge in [-0.3, -0.25) is 9.69 Å². The second-order valence-corrected chi connectivity index (χ2v) is 8.05. The van der Waals surface area contributed by atoms with Crippen LogP contribution in [-0.2, 0) is 4.79 Å². The highest BCUT2D eigenvalue weighted by Crippen LogP contribution is 2.26. The summed E-state index contributed by atoms with van der Waals surface area (Å²) < 4.78 is 0. The Morgan fingerprint density at radius 1 is 1.07 bits per heavy atom. The fourth-order valence-electron chi connectivity index (χ4n) is 2.79. The van der Waals surface area contributed by atoms with E-state index in [1.165, 1.54) is 22.7 Å². The van der Waals surface area contributed by atoms with Crippen LogP contribution in [0.2, 0.25) is 0 Å². The highest BCUT2D eigenvalue weighted by molar-refractivity contribution is 7.13. The molecule has 1 amide bonds. The summed E-state index contributed by atoms with van der Waals surface area (Å²) in [6.45, 7) is 4.09. The number of hydrogen-bond acceptors (Lipinski definition) is 9. The lowest BCUT2D eigenvalue weighted by Gasteiger charge is -2.31. The van der Waals surface area contributed by atoms with Gasteiger partial charge in [0.05, 0.1) is 6.54 Å². The third kappa shape index (κ3) is 4.53. The van der Waals surface area contributed by atoms with Crippen molar-refractivity contribution in [2.45, 2.75) is 0 Å². The van der Waals surface area contributed by atoms with Crippen molar-refractivity contribution in [2.24, 2.45) is 0 Å². The first-order chi connectivity index (χ1) is 13.2. The fraction of sp³-hybridized carbons (Fsp3) is 0.353. The minimum absolute atomic E-state index is 0.0755. The van der Waals surface area contributed by atoms with Crippen LogP contribution >= 0.6 is 22.7 Å². The van der Waals surface area contributed by atoms with Gasteiger partial charge in [0.25, 0.3) is 0 Å². The Hall–Kier alpha value is -2.27. The highest BCUT2D eigenvalue weighted by atomic mass is 32.1. The van der Waals surface area contributed by atoms with Gasteiger partial charge < -0.3 is 10.2 Å². The minimum Gasteiger partial charge on any atom is -0.309 e. The molecule has 0 spiro atoms. The van der Waals surface area contributed by atoms with E-state index in [1.807, 2.05) is 10.8 Å². The third-order valence-electron chi connectivity index (χ3n) is 4.23. The third-order valence-corrected chi connectivity index (χ3v) is 5.80. The van der Waals surface area contributed by atoms with Gasteiger partial charge in [-0.2, -0.15) is 0 Å². The Morgan fingerprint density at radius 2 is 1.78 bits per heavy atom. The number of hydrogen-bond donors (Lipinski definition) is 1. The molecule has 1 saturated heterocycles. The molecule has 3 aromatic heterocycles. The van der Waals surface area contributed by atoms with Crippen molar-refractivity contribution < 1.29 is 4.79 Å². The van der Waals surface area contributed by atoms with E-state index < -0.39 is 0 Å². The van der Waals surface area contributed by atoms with E-state index in [-0.39, 0.29) is 5.91 Å². The molecule has 3 aromatic rings. The second kappa shape index (κ2) is 8.17. The largest absolute Gasteiger partial charge is 0.309 e. The van der Waals surface area contributed by atoms with Crippen LogP contribution in [0.1, 0.15) is 0 Å². The number of carbonyl (C=O) groups excluding carboxylic acids is 1. The highest BCUT2D eigenvalue weighted by Gasteiger charge is 2.18. The number of amides is 1. The van der Waals surface area contributed by atoms with E-state index in [0.717, 1.165) is 31.2 Å². The molecule has 1 aliphatic heterocycles. The van der Waals surface area contributed by atoms with Crippen molar-refractivity contribution in [3.05, 3.63) is 29.2 Å². The van der Waals surface area contributed by atoms with Crippen LogP contribution in [0.5, 0.6) is 0 Å². The zero-order chi connectivity index (χ0) is 18.6. The summed E-state index contributed by atoms with van der Waals surface area (Å²) in [6.07, 6.45) is 3.45. The Balaban J connectivity index is 1.53. The van der Waals surface area contributed by atoms with E-state index in [0.29, 0.717) is 28.9 Å². The van der Waals surface area contributed by atoms with Gasteiger partial charge in [0.15, 0.2) is 10.8 Å². The maximum Gasteiger partial charge on any atom is 0.239 e. The van der Waals surface area contributed by atoms with Gasteiger partial charge in [-0.15, -0.1) is 22.7 Å². The maximum atomic E-state index is 12.5. The molecule has 1 N–H and O–H groups in total. The lowest BCUT2D eigenvalue weighted by molar-refractivity contribution is -0.117. The molecule has 140 valence electrons. The number of thiazole rings is 2. The number of nitrogens with zero attached hydrogens (tertiary/aromatic N) is 6. The molecule has 0 bridgehead atoms. The number of anilines is 1. The molecule has 0 radical (unpaired) electrons. The zero-order valence-corrected chi connectivity index (χ0v) is 16.5. The van der Waals surface area contributed by atoms with E-state index in [4.69, 9.17) is 0 Å². The molecule has 0 aromatic carbocycles. The second-order valence-electron chi connectivity index (χ2n) is 6.26. The molecule has 0 aliphatic carbocycles. The molecule has 0 atom stereocenters. The first-order valence-electron chi connectivity index (χ1n) is 8.57. The quantitative estimate of drug-likeness (QED) is 0.699. The zero-order valence-electron chi connectivity index (χ0n) is 14.8. The van der Waals surface area contributed by atoms with Crippen LogP contribution < -0.4 is 5.32 Å². The fourth-order valence-corrected chi connectivity index (χ4v) is 3.96. The lowest BCUT2D eigenvalue weighted by Crippen LogP contribution is -2.47. The van der Waals surface area contributed by atoms with Crippen LogP contribution in [0, 0.1) is 0 Å². The van der Waals surface area contributed by atoms with Crippen molar-refractivity contribution in [3.63, 3.8) is 0 Å². The molecule has 0 saturated carbocycles. The van der Waals surface area contributed by atoms with Gasteiger partial charge in [-0.1, -0.05) is 0 Å². The topological polar surface area (TPSA) is 87.1 Å². The van der Waals surface area contributed by atoms with E-state index in [2.05, 4.69) is 42.1 Å². The SMILES string of the molecule is CN1CCN(CC(=O)Nc2cc(-c3nccs3)nc(-c3nccs3)n2)CC1. The van der Waals surface area contributed by atoms with E-state index in [1.54, 1.807) is 18.5 Å². The van der Waals surface area contributed by atoms with Crippen LogP contribution in [0.25, 0.3) is 21.5 Å². The van der Waals surface area contributed by atoms with Gasteiger partial charge in [-0.25, -0.2) is 19.9 Å². The van der Waals surface area contributed by atoms with E-state index in [9.17, 15) is 4.79 Å². The summed E-state index contributed by atoms with van der Waals surface area (Å²) in [5.74, 6) is 0.889. The molecule has 27 heavy (non-hydrogen) atoms. The number of rotatable bonds is 5. The molecule has 1 fully saturated rings. The molecule has 4 heterocycles. The van der Waals surface area contributed by atoms with Crippen LogP contribution in [0.4, 0.5) is 5.82 Å². The summed E-state index contributed by atoms with van der Waals surface area (Å²) in [7, 11) is 2.10. The van der Waals surface area contributed by atoms with Gasteiger partial charge in [0.1, 0.15) is 16.5 Å². The molecular formula is C17H19N7OS2. The van der Waals surface area contributed by atoms with Crippen molar-refractivity contribution in [1.29, 1.82) is 0 Å². The van der Waals surface area contributed by atoms with Crippen molar-refractivity contribution in [2.75, 3.05) is 45.1 Å². The molecule has 1 aliphatic rings. The molecule has 10 heteroatoms. The normalized spacial score (nSPS) is 15.7. The average Bonchev–Trinajstić information content (AvgIpc) is 3.37.